The van der Waals surface area contributed by atoms with Crippen LogP contribution in [0.15, 0.2) is 30.3 Å². The van der Waals surface area contributed by atoms with Crippen molar-refractivity contribution in [3.05, 3.63) is 35.9 Å². The minimum atomic E-state index is -0.217. The molecule has 0 spiro atoms. The van der Waals surface area contributed by atoms with E-state index in [1.165, 1.54) is 0 Å². The quantitative estimate of drug-likeness (QED) is 0.906. The van der Waals surface area contributed by atoms with Gasteiger partial charge in [0.25, 0.3) is 0 Å². The molecule has 0 aliphatic carbocycles. The zero-order valence-corrected chi connectivity index (χ0v) is 12.2. The fourth-order valence-electron chi connectivity index (χ4n) is 2.28. The Hall–Kier alpha value is -1.59. The van der Waals surface area contributed by atoms with Crippen molar-refractivity contribution >= 4 is 6.09 Å². The number of rotatable bonds is 4. The molecule has 0 aromatic heterocycles. The second-order valence-electron chi connectivity index (χ2n) is 5.03. The SMILES string of the molecule is CNC(C)N1CCN(C(=O)OCc2ccccc2)CC1. The van der Waals surface area contributed by atoms with E-state index in [9.17, 15) is 4.79 Å². The number of carbonyl (C=O) groups excluding carboxylic acids is 1. The molecule has 1 fully saturated rings. The van der Waals surface area contributed by atoms with Crippen molar-refractivity contribution in [2.24, 2.45) is 0 Å². The van der Waals surface area contributed by atoms with Crippen molar-refractivity contribution in [3.63, 3.8) is 0 Å². The van der Waals surface area contributed by atoms with Crippen molar-refractivity contribution in [3.8, 4) is 0 Å². The maximum absolute atomic E-state index is 12.0. The topological polar surface area (TPSA) is 44.8 Å². The Morgan fingerprint density at radius 1 is 1.25 bits per heavy atom. The zero-order chi connectivity index (χ0) is 14.4. The van der Waals surface area contributed by atoms with Gasteiger partial charge in [-0.2, -0.15) is 0 Å². The number of nitrogens with zero attached hydrogens (tertiary/aromatic N) is 2. The van der Waals surface area contributed by atoms with Gasteiger partial charge in [-0.3, -0.25) is 4.90 Å². The minimum absolute atomic E-state index is 0.217. The third kappa shape index (κ3) is 3.95. The average molecular weight is 277 g/mol. The van der Waals surface area contributed by atoms with Crippen LogP contribution >= 0.6 is 0 Å². The highest BCUT2D eigenvalue weighted by molar-refractivity contribution is 5.67. The smallest absolute Gasteiger partial charge is 0.410 e. The standard InChI is InChI=1S/C15H23N3O2/c1-13(16-2)17-8-10-18(11-9-17)15(19)20-12-14-6-4-3-5-7-14/h3-7,13,16H,8-12H2,1-2H3. The van der Waals surface area contributed by atoms with Crippen LogP contribution in [0.4, 0.5) is 4.79 Å². The molecule has 0 radical (unpaired) electrons. The number of hydrogen-bond donors (Lipinski definition) is 1. The van der Waals surface area contributed by atoms with Crippen LogP contribution in [0.2, 0.25) is 0 Å². The summed E-state index contributed by atoms with van der Waals surface area (Å²) in [5.74, 6) is 0. The van der Waals surface area contributed by atoms with Crippen LogP contribution in [-0.4, -0.2) is 55.3 Å². The van der Waals surface area contributed by atoms with Crippen molar-refractivity contribution in [2.45, 2.75) is 19.7 Å². The van der Waals surface area contributed by atoms with E-state index in [1.807, 2.05) is 37.4 Å². The summed E-state index contributed by atoms with van der Waals surface area (Å²) in [5.41, 5.74) is 1.02. The summed E-state index contributed by atoms with van der Waals surface area (Å²) in [6.07, 6.45) is 0.128. The molecule has 1 N–H and O–H groups in total. The van der Waals surface area contributed by atoms with Crippen molar-refractivity contribution in [2.75, 3.05) is 33.2 Å². The number of nitrogens with one attached hydrogen (secondary N) is 1. The summed E-state index contributed by atoms with van der Waals surface area (Å²) in [4.78, 5) is 16.1. The molecule has 1 aliphatic heterocycles. The fourth-order valence-corrected chi connectivity index (χ4v) is 2.28. The first-order chi connectivity index (χ1) is 9.70. The van der Waals surface area contributed by atoms with Gasteiger partial charge in [-0.05, 0) is 19.5 Å². The van der Waals surface area contributed by atoms with Crippen LogP contribution in [0.5, 0.6) is 0 Å². The third-order valence-corrected chi connectivity index (χ3v) is 3.74. The third-order valence-electron chi connectivity index (χ3n) is 3.74. The van der Waals surface area contributed by atoms with E-state index in [4.69, 9.17) is 4.74 Å². The molecule has 110 valence electrons. The molecule has 5 heteroatoms. The second kappa shape index (κ2) is 7.26. The first kappa shape index (κ1) is 14.8. The van der Waals surface area contributed by atoms with Gasteiger partial charge in [0.1, 0.15) is 6.61 Å². The second-order valence-corrected chi connectivity index (χ2v) is 5.03. The molecule has 2 rings (SSSR count). The molecule has 1 heterocycles. The van der Waals surface area contributed by atoms with Gasteiger partial charge in [-0.25, -0.2) is 4.79 Å². The summed E-state index contributed by atoms with van der Waals surface area (Å²) in [5, 5.41) is 3.22. The van der Waals surface area contributed by atoms with Gasteiger partial charge < -0.3 is 15.0 Å². The maximum atomic E-state index is 12.0. The Bertz CT molecular complexity index is 416. The summed E-state index contributed by atoms with van der Waals surface area (Å²) in [6.45, 7) is 5.67. The lowest BCUT2D eigenvalue weighted by Crippen LogP contribution is -2.54. The first-order valence-corrected chi connectivity index (χ1v) is 7.07. The lowest BCUT2D eigenvalue weighted by Gasteiger charge is -2.37. The maximum Gasteiger partial charge on any atom is 0.410 e. The predicted molar refractivity (Wildman–Crippen MR) is 78.3 cm³/mol. The van der Waals surface area contributed by atoms with E-state index in [1.54, 1.807) is 4.90 Å². The monoisotopic (exact) mass is 277 g/mol. The molecule has 1 unspecified atom stereocenters. The van der Waals surface area contributed by atoms with Crippen LogP contribution in [0, 0.1) is 0 Å². The Labute approximate surface area is 120 Å². The van der Waals surface area contributed by atoms with E-state index in [-0.39, 0.29) is 6.09 Å². The van der Waals surface area contributed by atoms with Gasteiger partial charge in [0.15, 0.2) is 0 Å². The molecule has 20 heavy (non-hydrogen) atoms. The van der Waals surface area contributed by atoms with Crippen LogP contribution in [0.25, 0.3) is 0 Å². The predicted octanol–water partition coefficient (Wildman–Crippen LogP) is 1.51. The summed E-state index contributed by atoms with van der Waals surface area (Å²) in [6, 6.07) is 9.76. The van der Waals surface area contributed by atoms with Gasteiger partial charge >= 0.3 is 6.09 Å². The molecule has 1 atom stereocenters. The number of amides is 1. The molecule has 1 amide bonds. The Morgan fingerprint density at radius 2 is 1.90 bits per heavy atom. The van der Waals surface area contributed by atoms with E-state index in [0.717, 1.165) is 31.7 Å². The average Bonchev–Trinajstić information content (AvgIpc) is 2.53. The van der Waals surface area contributed by atoms with Crippen LogP contribution < -0.4 is 5.32 Å². The lowest BCUT2D eigenvalue weighted by molar-refractivity contribution is 0.0583. The van der Waals surface area contributed by atoms with Crippen LogP contribution in [0.3, 0.4) is 0 Å². The van der Waals surface area contributed by atoms with E-state index in [0.29, 0.717) is 12.8 Å². The zero-order valence-electron chi connectivity index (χ0n) is 12.2. The Kier molecular flexibility index (Phi) is 5.38. The van der Waals surface area contributed by atoms with Crippen LogP contribution in [-0.2, 0) is 11.3 Å². The molecule has 1 saturated heterocycles. The fraction of sp³-hybridized carbons (Fsp3) is 0.533. The van der Waals surface area contributed by atoms with E-state index >= 15 is 0 Å². The van der Waals surface area contributed by atoms with Gasteiger partial charge in [0.05, 0.1) is 6.17 Å². The largest absolute Gasteiger partial charge is 0.445 e. The molecule has 5 nitrogen and oxygen atoms in total. The molecule has 0 saturated carbocycles. The summed E-state index contributed by atoms with van der Waals surface area (Å²) in [7, 11) is 1.95. The van der Waals surface area contributed by atoms with Crippen LogP contribution in [0.1, 0.15) is 12.5 Å². The molecular weight excluding hydrogens is 254 g/mol. The Morgan fingerprint density at radius 3 is 2.50 bits per heavy atom. The number of carbonyl (C=O) groups is 1. The summed E-state index contributed by atoms with van der Waals surface area (Å²) >= 11 is 0. The summed E-state index contributed by atoms with van der Waals surface area (Å²) < 4.78 is 5.34. The number of ether oxygens (including phenoxy) is 1. The number of piperazine rings is 1. The van der Waals surface area contributed by atoms with E-state index < -0.39 is 0 Å². The molecular formula is C15H23N3O2. The van der Waals surface area contributed by atoms with Gasteiger partial charge in [0, 0.05) is 26.2 Å². The van der Waals surface area contributed by atoms with Crippen molar-refractivity contribution in [1.82, 2.24) is 15.1 Å². The van der Waals surface area contributed by atoms with Crippen molar-refractivity contribution in [1.29, 1.82) is 0 Å². The number of hydrogen-bond acceptors (Lipinski definition) is 4. The lowest BCUT2D eigenvalue weighted by atomic mass is 10.2. The van der Waals surface area contributed by atoms with Gasteiger partial charge in [-0.1, -0.05) is 30.3 Å². The van der Waals surface area contributed by atoms with Gasteiger partial charge in [-0.15, -0.1) is 0 Å². The molecule has 1 aromatic rings. The molecule has 1 aliphatic rings. The molecule has 1 aromatic carbocycles. The normalized spacial score (nSPS) is 17.8. The Balaban J connectivity index is 1.75. The molecule has 0 bridgehead atoms. The highest BCUT2D eigenvalue weighted by Gasteiger charge is 2.24. The number of benzene rings is 1. The van der Waals surface area contributed by atoms with E-state index in [2.05, 4.69) is 17.1 Å². The first-order valence-electron chi connectivity index (χ1n) is 7.07. The van der Waals surface area contributed by atoms with Crippen molar-refractivity contribution < 1.29 is 9.53 Å². The highest BCUT2D eigenvalue weighted by atomic mass is 16.6. The minimum Gasteiger partial charge on any atom is -0.445 e. The van der Waals surface area contributed by atoms with Gasteiger partial charge in [0.2, 0.25) is 0 Å². The highest BCUT2D eigenvalue weighted by Crippen LogP contribution is 2.08.